The minimum atomic E-state index is -3.01. The van der Waals surface area contributed by atoms with Gasteiger partial charge in [-0.1, -0.05) is 0 Å². The van der Waals surface area contributed by atoms with E-state index in [1.165, 1.54) is 6.26 Å². The molecule has 0 saturated carbocycles. The van der Waals surface area contributed by atoms with Gasteiger partial charge in [-0.05, 0) is 30.9 Å². The highest BCUT2D eigenvalue weighted by Crippen LogP contribution is 2.41. The van der Waals surface area contributed by atoms with Crippen molar-refractivity contribution in [3.63, 3.8) is 0 Å². The average molecular weight is 294 g/mol. The molecule has 2 heterocycles. The number of thioether (sulfide) groups is 1. The monoisotopic (exact) mass is 294 g/mol. The fraction of sp³-hybridized carbons (Fsp3) is 1.00. The zero-order chi connectivity index (χ0) is 13.2. The summed E-state index contributed by atoms with van der Waals surface area (Å²) in [4.78, 5) is 0. The predicted molar refractivity (Wildman–Crippen MR) is 74.2 cm³/mol. The maximum absolute atomic E-state index is 11.4. The van der Waals surface area contributed by atoms with Gasteiger partial charge in [-0.25, -0.2) is 8.42 Å². The number of nitrogens with one attached hydrogen (secondary N) is 1. The van der Waals surface area contributed by atoms with Crippen LogP contribution in [0.15, 0.2) is 0 Å². The van der Waals surface area contributed by atoms with E-state index in [-0.39, 0.29) is 23.3 Å². The molecule has 7 heteroatoms. The van der Waals surface area contributed by atoms with Gasteiger partial charge in [0.25, 0.3) is 0 Å². The van der Waals surface area contributed by atoms with Gasteiger partial charge in [-0.2, -0.15) is 11.8 Å². The summed E-state index contributed by atoms with van der Waals surface area (Å²) < 4.78 is 28.8. The van der Waals surface area contributed by atoms with Crippen LogP contribution in [0.3, 0.4) is 0 Å². The van der Waals surface area contributed by atoms with Crippen LogP contribution >= 0.6 is 11.8 Å². The first-order valence-electron chi connectivity index (χ1n) is 6.30. The molecule has 2 fully saturated rings. The number of hydrazine groups is 1. The summed E-state index contributed by atoms with van der Waals surface area (Å²) in [5, 5.41) is 0. The van der Waals surface area contributed by atoms with Crippen LogP contribution in [0.5, 0.6) is 0 Å². The number of hydrogen-bond donors (Lipinski definition) is 2. The molecular weight excluding hydrogens is 272 g/mol. The Labute approximate surface area is 113 Å². The second-order valence-corrected chi connectivity index (χ2v) is 8.74. The summed E-state index contributed by atoms with van der Waals surface area (Å²) in [6.45, 7) is 0.715. The lowest BCUT2D eigenvalue weighted by molar-refractivity contribution is -0.0839. The first-order chi connectivity index (χ1) is 8.44. The molecule has 0 aromatic heterocycles. The van der Waals surface area contributed by atoms with Crippen molar-refractivity contribution in [2.45, 2.75) is 30.9 Å². The molecule has 18 heavy (non-hydrogen) atoms. The average Bonchev–Trinajstić information content (AvgIpc) is 2.73. The first-order valence-corrected chi connectivity index (χ1v) is 9.51. The number of rotatable bonds is 4. The van der Waals surface area contributed by atoms with Gasteiger partial charge in [0.2, 0.25) is 0 Å². The fourth-order valence-corrected chi connectivity index (χ4v) is 5.32. The van der Waals surface area contributed by atoms with Crippen LogP contribution < -0.4 is 11.3 Å². The molecule has 2 aliphatic heterocycles. The van der Waals surface area contributed by atoms with Crippen LogP contribution in [0.4, 0.5) is 0 Å². The number of nitrogens with two attached hydrogens (primary N) is 1. The Morgan fingerprint density at radius 2 is 2.39 bits per heavy atom. The second kappa shape index (κ2) is 5.66. The van der Waals surface area contributed by atoms with Gasteiger partial charge in [0, 0.05) is 24.7 Å². The van der Waals surface area contributed by atoms with E-state index in [1.807, 2.05) is 11.8 Å². The highest BCUT2D eigenvalue weighted by molar-refractivity contribution is 7.99. The summed E-state index contributed by atoms with van der Waals surface area (Å²) >= 11 is 1.92. The van der Waals surface area contributed by atoms with Gasteiger partial charge < -0.3 is 4.74 Å². The third-order valence-corrected chi connectivity index (χ3v) is 6.05. The van der Waals surface area contributed by atoms with Crippen LogP contribution in [-0.2, 0) is 14.6 Å². The molecule has 1 spiro atoms. The van der Waals surface area contributed by atoms with Gasteiger partial charge in [0.1, 0.15) is 9.84 Å². The molecule has 0 bridgehead atoms. The van der Waals surface area contributed by atoms with Crippen molar-refractivity contribution in [1.82, 2.24) is 5.43 Å². The van der Waals surface area contributed by atoms with E-state index in [2.05, 4.69) is 5.43 Å². The molecule has 2 saturated heterocycles. The molecule has 0 amide bonds. The summed E-state index contributed by atoms with van der Waals surface area (Å²) in [7, 11) is -3.01. The lowest BCUT2D eigenvalue weighted by Gasteiger charge is -2.40. The van der Waals surface area contributed by atoms with E-state index >= 15 is 0 Å². The van der Waals surface area contributed by atoms with Crippen LogP contribution in [0.1, 0.15) is 19.3 Å². The van der Waals surface area contributed by atoms with Gasteiger partial charge in [0.15, 0.2) is 0 Å². The van der Waals surface area contributed by atoms with E-state index in [4.69, 9.17) is 10.6 Å². The molecular formula is C11H22N2O3S2. The maximum atomic E-state index is 11.4. The molecule has 0 aromatic rings. The van der Waals surface area contributed by atoms with Gasteiger partial charge in [-0.3, -0.25) is 11.3 Å². The third kappa shape index (κ3) is 3.60. The van der Waals surface area contributed by atoms with Gasteiger partial charge in [0.05, 0.1) is 11.4 Å². The predicted octanol–water partition coefficient (Wildman–Crippen LogP) is 0.165. The lowest BCUT2D eigenvalue weighted by atomic mass is 9.82. The third-order valence-electron chi connectivity index (χ3n) is 3.86. The van der Waals surface area contributed by atoms with Crippen molar-refractivity contribution in [3.8, 4) is 0 Å². The normalized spacial score (nSPS) is 34.9. The van der Waals surface area contributed by atoms with Crippen LogP contribution in [-0.4, -0.2) is 50.2 Å². The molecule has 0 aromatic carbocycles. The van der Waals surface area contributed by atoms with Crippen molar-refractivity contribution < 1.29 is 13.2 Å². The Balaban J connectivity index is 2.02. The number of sulfone groups is 1. The summed E-state index contributed by atoms with van der Waals surface area (Å²) in [5.74, 6) is 8.10. The van der Waals surface area contributed by atoms with Crippen molar-refractivity contribution in [3.05, 3.63) is 0 Å². The molecule has 3 atom stereocenters. The zero-order valence-corrected chi connectivity index (χ0v) is 12.4. The Kier molecular flexibility index (Phi) is 4.59. The summed E-state index contributed by atoms with van der Waals surface area (Å²) in [5.41, 5.74) is 2.67. The Morgan fingerprint density at radius 1 is 1.61 bits per heavy atom. The SMILES string of the molecule is CS(=O)(=O)CC(NN)C1CCOC2(CCSC2)C1. The molecule has 5 nitrogen and oxygen atoms in total. The number of hydrogen-bond acceptors (Lipinski definition) is 6. The van der Waals surface area contributed by atoms with Crippen LogP contribution in [0.25, 0.3) is 0 Å². The zero-order valence-electron chi connectivity index (χ0n) is 10.7. The molecule has 0 aliphatic carbocycles. The minimum absolute atomic E-state index is 0.0276. The topological polar surface area (TPSA) is 81.4 Å². The summed E-state index contributed by atoms with van der Waals surface area (Å²) in [6, 6.07) is -0.161. The van der Waals surface area contributed by atoms with Gasteiger partial charge >= 0.3 is 0 Å². The van der Waals surface area contributed by atoms with Crippen LogP contribution in [0.2, 0.25) is 0 Å². The van der Waals surface area contributed by atoms with Crippen LogP contribution in [0, 0.1) is 5.92 Å². The van der Waals surface area contributed by atoms with E-state index in [0.717, 1.165) is 30.8 Å². The Bertz CT molecular complexity index is 380. The standard InChI is InChI=1S/C11H22N2O3S2/c1-18(14,15)7-10(13-12)9-2-4-16-11(6-9)3-5-17-8-11/h9-10,13H,2-8,12H2,1H3. The van der Waals surface area contributed by atoms with Crippen molar-refractivity contribution in [1.29, 1.82) is 0 Å². The molecule has 2 aliphatic rings. The molecule has 2 rings (SSSR count). The fourth-order valence-electron chi connectivity index (χ4n) is 2.92. The smallest absolute Gasteiger partial charge is 0.149 e. The molecule has 3 unspecified atom stereocenters. The maximum Gasteiger partial charge on any atom is 0.149 e. The van der Waals surface area contributed by atoms with Gasteiger partial charge in [-0.15, -0.1) is 0 Å². The molecule has 3 N–H and O–H groups in total. The highest BCUT2D eigenvalue weighted by Gasteiger charge is 2.42. The van der Waals surface area contributed by atoms with E-state index < -0.39 is 9.84 Å². The number of ether oxygens (including phenoxy) is 1. The summed E-state index contributed by atoms with van der Waals surface area (Å²) in [6.07, 6.45) is 4.14. The lowest BCUT2D eigenvalue weighted by Crippen LogP contribution is -2.51. The molecule has 106 valence electrons. The highest BCUT2D eigenvalue weighted by atomic mass is 32.2. The van der Waals surface area contributed by atoms with Crippen molar-refractivity contribution >= 4 is 21.6 Å². The largest absolute Gasteiger partial charge is 0.374 e. The van der Waals surface area contributed by atoms with Crippen molar-refractivity contribution in [2.24, 2.45) is 11.8 Å². The first kappa shape index (κ1) is 14.6. The van der Waals surface area contributed by atoms with E-state index in [0.29, 0.717) is 6.61 Å². The van der Waals surface area contributed by atoms with E-state index in [1.54, 1.807) is 0 Å². The molecule has 0 radical (unpaired) electrons. The minimum Gasteiger partial charge on any atom is -0.374 e. The Hall–Kier alpha value is 0.180. The second-order valence-electron chi connectivity index (χ2n) is 5.45. The quantitative estimate of drug-likeness (QED) is 0.568. The van der Waals surface area contributed by atoms with E-state index in [9.17, 15) is 8.42 Å². The van der Waals surface area contributed by atoms with Crippen molar-refractivity contribution in [2.75, 3.05) is 30.1 Å². The Morgan fingerprint density at radius 3 is 2.94 bits per heavy atom.